The number of nitrogens with one attached hydrogen (secondary N) is 2. The average Bonchev–Trinajstić information content (AvgIpc) is 2.82. The minimum absolute atomic E-state index is 0.0653. The number of H-pyrrole nitrogens is 1. The van der Waals surface area contributed by atoms with E-state index >= 15 is 0 Å². The molecule has 0 aliphatic heterocycles. The minimum Gasteiger partial charge on any atom is -0.365 e. The van der Waals surface area contributed by atoms with E-state index in [4.69, 9.17) is 0 Å². The Hall–Kier alpha value is -2.11. The van der Waals surface area contributed by atoms with Crippen LogP contribution in [0.15, 0.2) is 23.4 Å². The van der Waals surface area contributed by atoms with Gasteiger partial charge in [0.25, 0.3) is 5.56 Å². The molecule has 0 amide bonds. The van der Waals surface area contributed by atoms with Crippen molar-refractivity contribution < 1.29 is 0 Å². The van der Waals surface area contributed by atoms with Crippen LogP contribution < -0.4 is 10.9 Å². The number of anilines is 1. The summed E-state index contributed by atoms with van der Waals surface area (Å²) >= 11 is 0. The summed E-state index contributed by atoms with van der Waals surface area (Å²) in [5.74, 6) is 0.424. The van der Waals surface area contributed by atoms with Crippen LogP contribution in [0.5, 0.6) is 0 Å². The van der Waals surface area contributed by atoms with Gasteiger partial charge in [0, 0.05) is 31.2 Å². The van der Waals surface area contributed by atoms with Crippen LogP contribution in [0.1, 0.15) is 24.6 Å². The second-order valence-corrected chi connectivity index (χ2v) is 4.42. The molecular formula is C13H19N5O. The zero-order valence-corrected chi connectivity index (χ0v) is 11.3. The maximum atomic E-state index is 11.9. The van der Waals surface area contributed by atoms with E-state index < -0.39 is 0 Å². The van der Waals surface area contributed by atoms with Crippen LogP contribution in [0.4, 0.5) is 5.82 Å². The normalized spacial score (nSPS) is 10.6. The fraction of sp³-hybridized carbons (Fsp3) is 0.462. The van der Waals surface area contributed by atoms with Gasteiger partial charge in [0.15, 0.2) is 5.82 Å². The molecule has 19 heavy (non-hydrogen) atoms. The van der Waals surface area contributed by atoms with E-state index in [0.29, 0.717) is 12.4 Å². The molecule has 0 spiro atoms. The molecule has 6 nitrogen and oxygen atoms in total. The van der Waals surface area contributed by atoms with Crippen molar-refractivity contribution in [3.05, 3.63) is 40.2 Å². The molecule has 0 aromatic carbocycles. The molecule has 102 valence electrons. The highest BCUT2D eigenvalue weighted by Gasteiger charge is 2.03. The predicted molar refractivity (Wildman–Crippen MR) is 74.3 cm³/mol. The summed E-state index contributed by atoms with van der Waals surface area (Å²) in [6.45, 7) is 5.33. The molecule has 6 heteroatoms. The van der Waals surface area contributed by atoms with Gasteiger partial charge in [-0.15, -0.1) is 0 Å². The number of hydrogen-bond acceptors (Lipinski definition) is 4. The van der Waals surface area contributed by atoms with Crippen LogP contribution in [0.2, 0.25) is 0 Å². The highest BCUT2D eigenvalue weighted by molar-refractivity contribution is 5.30. The molecule has 0 saturated heterocycles. The molecule has 0 unspecified atom stereocenters. The van der Waals surface area contributed by atoms with Gasteiger partial charge >= 0.3 is 0 Å². The molecule has 0 aliphatic carbocycles. The summed E-state index contributed by atoms with van der Waals surface area (Å²) in [7, 11) is 0. The lowest BCUT2D eigenvalue weighted by Gasteiger charge is -2.07. The first-order valence-electron chi connectivity index (χ1n) is 6.50. The van der Waals surface area contributed by atoms with Crippen LogP contribution in [0.25, 0.3) is 0 Å². The molecular weight excluding hydrogens is 242 g/mol. The average molecular weight is 261 g/mol. The summed E-state index contributed by atoms with van der Waals surface area (Å²) in [6, 6.07) is 0. The predicted octanol–water partition coefficient (Wildman–Crippen LogP) is 1.34. The van der Waals surface area contributed by atoms with Crippen molar-refractivity contribution in [3.8, 4) is 0 Å². The smallest absolute Gasteiger partial charge is 0.293 e. The largest absolute Gasteiger partial charge is 0.365 e. The maximum absolute atomic E-state index is 11.9. The SMILES string of the molecule is CCn1ccnc(NCCCc2cn[nH]c2C)c1=O. The van der Waals surface area contributed by atoms with Gasteiger partial charge in [0.2, 0.25) is 0 Å². The maximum Gasteiger partial charge on any atom is 0.293 e. The molecule has 0 aliphatic rings. The first-order chi connectivity index (χ1) is 9.22. The van der Waals surface area contributed by atoms with Gasteiger partial charge in [-0.05, 0) is 32.3 Å². The molecule has 0 saturated carbocycles. The zero-order chi connectivity index (χ0) is 13.7. The van der Waals surface area contributed by atoms with Crippen molar-refractivity contribution >= 4 is 5.82 Å². The van der Waals surface area contributed by atoms with Crippen molar-refractivity contribution in [2.45, 2.75) is 33.2 Å². The summed E-state index contributed by atoms with van der Waals surface area (Å²) in [5.41, 5.74) is 2.25. The summed E-state index contributed by atoms with van der Waals surface area (Å²) in [5, 5.41) is 9.99. The summed E-state index contributed by atoms with van der Waals surface area (Å²) < 4.78 is 1.63. The Morgan fingerprint density at radius 3 is 3.00 bits per heavy atom. The van der Waals surface area contributed by atoms with Crippen LogP contribution in [0, 0.1) is 6.92 Å². The van der Waals surface area contributed by atoms with E-state index in [9.17, 15) is 4.79 Å². The molecule has 2 N–H and O–H groups in total. The third-order valence-corrected chi connectivity index (χ3v) is 3.10. The van der Waals surface area contributed by atoms with Gasteiger partial charge in [-0.2, -0.15) is 5.10 Å². The molecule has 0 atom stereocenters. The lowest BCUT2D eigenvalue weighted by atomic mass is 10.1. The third kappa shape index (κ3) is 3.21. The molecule has 0 radical (unpaired) electrons. The van der Waals surface area contributed by atoms with E-state index in [1.165, 1.54) is 5.56 Å². The number of aromatic nitrogens is 4. The molecule has 2 heterocycles. The number of aromatic amines is 1. The monoisotopic (exact) mass is 261 g/mol. The number of aryl methyl sites for hydroxylation is 3. The molecule has 2 aromatic rings. The van der Waals surface area contributed by atoms with E-state index in [-0.39, 0.29) is 5.56 Å². The fourth-order valence-electron chi connectivity index (χ4n) is 1.93. The minimum atomic E-state index is -0.0653. The van der Waals surface area contributed by atoms with Gasteiger partial charge in [0.1, 0.15) is 0 Å². The molecule has 2 aromatic heterocycles. The Balaban J connectivity index is 1.86. The Bertz CT molecular complexity index is 587. The quantitative estimate of drug-likeness (QED) is 0.769. The van der Waals surface area contributed by atoms with E-state index in [1.54, 1.807) is 17.0 Å². The molecule has 2 rings (SSSR count). The van der Waals surface area contributed by atoms with Crippen molar-refractivity contribution in [2.24, 2.45) is 0 Å². The van der Waals surface area contributed by atoms with E-state index in [2.05, 4.69) is 20.5 Å². The van der Waals surface area contributed by atoms with Gasteiger partial charge in [-0.1, -0.05) is 0 Å². The standard InChI is InChI=1S/C13H19N5O/c1-3-18-8-7-15-12(13(18)19)14-6-4-5-11-9-16-17-10(11)2/h7-9H,3-6H2,1-2H3,(H,14,15)(H,16,17). The number of nitrogens with zero attached hydrogens (tertiary/aromatic N) is 3. The van der Waals surface area contributed by atoms with Crippen LogP contribution in [-0.2, 0) is 13.0 Å². The van der Waals surface area contributed by atoms with Gasteiger partial charge in [0.05, 0.1) is 6.20 Å². The van der Waals surface area contributed by atoms with Crippen LogP contribution >= 0.6 is 0 Å². The fourth-order valence-corrected chi connectivity index (χ4v) is 1.93. The Morgan fingerprint density at radius 2 is 2.32 bits per heavy atom. The van der Waals surface area contributed by atoms with Crippen molar-refractivity contribution in [3.63, 3.8) is 0 Å². The zero-order valence-electron chi connectivity index (χ0n) is 11.3. The Kier molecular flexibility index (Phi) is 4.33. The Labute approximate surface area is 111 Å². The van der Waals surface area contributed by atoms with Crippen LogP contribution in [-0.4, -0.2) is 26.3 Å². The van der Waals surface area contributed by atoms with Crippen LogP contribution in [0.3, 0.4) is 0 Å². The van der Waals surface area contributed by atoms with Gasteiger partial charge < -0.3 is 9.88 Å². The highest BCUT2D eigenvalue weighted by atomic mass is 16.1. The molecule has 0 bridgehead atoms. The van der Waals surface area contributed by atoms with Crippen molar-refractivity contribution in [2.75, 3.05) is 11.9 Å². The number of rotatable bonds is 6. The topological polar surface area (TPSA) is 75.6 Å². The highest BCUT2D eigenvalue weighted by Crippen LogP contribution is 2.05. The second-order valence-electron chi connectivity index (χ2n) is 4.42. The van der Waals surface area contributed by atoms with Crippen molar-refractivity contribution in [1.82, 2.24) is 19.7 Å². The van der Waals surface area contributed by atoms with E-state index in [1.807, 2.05) is 20.0 Å². The number of hydrogen-bond donors (Lipinski definition) is 2. The summed E-state index contributed by atoms with van der Waals surface area (Å²) in [6.07, 6.45) is 7.06. The van der Waals surface area contributed by atoms with Gasteiger partial charge in [-0.3, -0.25) is 9.89 Å². The Morgan fingerprint density at radius 1 is 1.47 bits per heavy atom. The third-order valence-electron chi connectivity index (χ3n) is 3.10. The second kappa shape index (κ2) is 6.17. The lowest BCUT2D eigenvalue weighted by molar-refractivity contribution is 0.717. The summed E-state index contributed by atoms with van der Waals surface area (Å²) in [4.78, 5) is 16.0. The van der Waals surface area contributed by atoms with Gasteiger partial charge in [-0.25, -0.2) is 4.98 Å². The lowest BCUT2D eigenvalue weighted by Crippen LogP contribution is -2.24. The van der Waals surface area contributed by atoms with Crippen molar-refractivity contribution in [1.29, 1.82) is 0 Å². The molecule has 0 fully saturated rings. The first-order valence-corrected chi connectivity index (χ1v) is 6.50. The first kappa shape index (κ1) is 13.3. The van der Waals surface area contributed by atoms with E-state index in [0.717, 1.165) is 25.1 Å².